The van der Waals surface area contributed by atoms with E-state index in [1.165, 1.54) is 12.5 Å². The Balaban J connectivity index is 1.07. The van der Waals surface area contributed by atoms with E-state index in [0.717, 1.165) is 32.1 Å². The van der Waals surface area contributed by atoms with Crippen LogP contribution in [0.4, 0.5) is 0 Å². The number of rotatable bonds is 12. The number of hydrogen-bond donors (Lipinski definition) is 11. The second-order valence-electron chi connectivity index (χ2n) is 24.6. The Morgan fingerprint density at radius 3 is 1.92 bits per heavy atom. The van der Waals surface area contributed by atoms with E-state index in [4.69, 9.17) is 33.2 Å². The number of carbonyl (C=O) groups excluding carboxylic acids is 1. The standard InChI is InChI=1S/C51H80O21/c1-22-32(57)34(59)38(63)43(66-22)71-40-35(60)33(58)25(20-52)67-44(40)72-41-37(62)36(61)39(42(64)65)70-45(41)69-28-12-13-48(5)26(49(28,6)21-53)11-14-51(8)27(48)10-9-23-24-18-46(2,3)19-29(68-31(56)17-30(54)55)47(24,4)15-16-50(23,51)7/h9,22,24-29,32-41,43-45,52-53,57-63H,10-21H2,1-8H3,(H,54,55)(H,64,65)/t22-,24-,25+,26+,27+,28-,29+,32-,33-,34+,35-,36-,37-,38+,39-,40+,41+,43-,44-,45+,47+,48-,49+,50+,51+/m0/s1. The van der Waals surface area contributed by atoms with Crippen molar-refractivity contribution in [1.29, 1.82) is 0 Å². The zero-order valence-electron chi connectivity index (χ0n) is 42.6. The van der Waals surface area contributed by atoms with Gasteiger partial charge in [0.15, 0.2) is 25.0 Å². The number of carboxylic acid groups (broad SMARTS) is 2. The first-order valence-electron chi connectivity index (χ1n) is 25.8. The van der Waals surface area contributed by atoms with E-state index < -0.39 is 146 Å². The summed E-state index contributed by atoms with van der Waals surface area (Å²) in [5, 5.41) is 118. The normalized spacial score (nSPS) is 52.1. The minimum atomic E-state index is -2.10. The predicted molar refractivity (Wildman–Crippen MR) is 247 cm³/mol. The molecule has 0 bridgehead atoms. The van der Waals surface area contributed by atoms with Gasteiger partial charge in [0.05, 0.1) is 25.4 Å². The predicted octanol–water partition coefficient (Wildman–Crippen LogP) is 0.730. The fourth-order valence-corrected chi connectivity index (χ4v) is 15.6. The molecule has 25 atom stereocenters. The summed E-state index contributed by atoms with van der Waals surface area (Å²) >= 11 is 0. The van der Waals surface area contributed by atoms with Gasteiger partial charge < -0.3 is 89.3 Å². The zero-order chi connectivity index (χ0) is 53.0. The average molecular weight is 1030 g/mol. The van der Waals surface area contributed by atoms with Crippen LogP contribution in [0.5, 0.6) is 0 Å². The number of aliphatic carboxylic acids is 2. The largest absolute Gasteiger partial charge is 0.481 e. The van der Waals surface area contributed by atoms with Gasteiger partial charge in [0, 0.05) is 10.8 Å². The van der Waals surface area contributed by atoms with Gasteiger partial charge >= 0.3 is 17.9 Å². The molecule has 21 nitrogen and oxygen atoms in total. The molecule has 0 amide bonds. The molecule has 7 fully saturated rings. The maximum Gasteiger partial charge on any atom is 0.335 e. The highest BCUT2D eigenvalue weighted by molar-refractivity contribution is 5.90. The van der Waals surface area contributed by atoms with Crippen LogP contribution in [0.3, 0.4) is 0 Å². The summed E-state index contributed by atoms with van der Waals surface area (Å²) in [4.78, 5) is 36.9. The van der Waals surface area contributed by atoms with Crippen LogP contribution in [0.25, 0.3) is 0 Å². The Kier molecular flexibility index (Phi) is 15.4. The van der Waals surface area contributed by atoms with Crippen LogP contribution in [-0.2, 0) is 47.5 Å². The van der Waals surface area contributed by atoms with Crippen LogP contribution < -0.4 is 0 Å². The van der Waals surface area contributed by atoms with Gasteiger partial charge in [0.1, 0.15) is 73.6 Å². The van der Waals surface area contributed by atoms with Gasteiger partial charge in [-0.05, 0) is 104 Å². The lowest BCUT2D eigenvalue weighted by molar-refractivity contribution is -0.396. The number of esters is 1. The topological polar surface area (TPSA) is 338 Å². The van der Waals surface area contributed by atoms with Gasteiger partial charge in [-0.1, -0.05) is 60.1 Å². The second-order valence-corrected chi connectivity index (χ2v) is 24.6. The minimum Gasteiger partial charge on any atom is -0.481 e. The molecule has 0 aromatic rings. The molecule has 0 spiro atoms. The molecule has 5 aliphatic carbocycles. The van der Waals surface area contributed by atoms with E-state index in [0.29, 0.717) is 25.7 Å². The number of aliphatic hydroxyl groups excluding tert-OH is 9. The molecule has 4 saturated carbocycles. The maximum atomic E-state index is 12.9. The summed E-state index contributed by atoms with van der Waals surface area (Å²) in [7, 11) is 0. The molecule has 11 N–H and O–H groups in total. The van der Waals surface area contributed by atoms with Crippen LogP contribution in [0, 0.1) is 50.2 Å². The summed E-state index contributed by atoms with van der Waals surface area (Å²) in [5.41, 5.74) is -1.01. The summed E-state index contributed by atoms with van der Waals surface area (Å²) in [6.45, 7) is 15.8. The second kappa shape index (κ2) is 19.8. The van der Waals surface area contributed by atoms with Crippen molar-refractivity contribution >= 4 is 17.9 Å². The Hall–Kier alpha value is -2.45. The molecule has 0 unspecified atom stereocenters. The molecule has 8 rings (SSSR count). The Morgan fingerprint density at radius 2 is 1.29 bits per heavy atom. The van der Waals surface area contributed by atoms with Crippen molar-refractivity contribution in [2.24, 2.45) is 50.2 Å². The molecule has 0 radical (unpaired) electrons. The van der Waals surface area contributed by atoms with Crippen molar-refractivity contribution in [2.75, 3.05) is 13.2 Å². The van der Waals surface area contributed by atoms with E-state index in [-0.39, 0.29) is 46.0 Å². The molecule has 8 aliphatic rings. The van der Waals surface area contributed by atoms with Gasteiger partial charge in [0.2, 0.25) is 0 Å². The lowest BCUT2D eigenvalue weighted by atomic mass is 9.33. The van der Waals surface area contributed by atoms with E-state index in [1.54, 1.807) is 0 Å². The monoisotopic (exact) mass is 1030 g/mol. The Labute approximate surface area is 419 Å². The van der Waals surface area contributed by atoms with E-state index in [1.807, 2.05) is 6.92 Å². The molecular formula is C51H80O21. The lowest BCUT2D eigenvalue weighted by Crippen LogP contribution is -2.68. The number of fused-ring (bicyclic) bond motifs is 7. The summed E-state index contributed by atoms with van der Waals surface area (Å²) in [6, 6.07) is 0. The number of allylic oxidation sites excluding steroid dienone is 2. The molecule has 72 heavy (non-hydrogen) atoms. The van der Waals surface area contributed by atoms with Crippen LogP contribution in [0.15, 0.2) is 11.6 Å². The van der Waals surface area contributed by atoms with Crippen molar-refractivity contribution in [3.05, 3.63) is 11.6 Å². The first kappa shape index (κ1) is 55.8. The number of aliphatic hydroxyl groups is 9. The van der Waals surface area contributed by atoms with Gasteiger partial charge in [-0.25, -0.2) is 4.79 Å². The van der Waals surface area contributed by atoms with Crippen LogP contribution >= 0.6 is 0 Å². The van der Waals surface area contributed by atoms with Gasteiger partial charge in [-0.15, -0.1) is 0 Å². The summed E-state index contributed by atoms with van der Waals surface area (Å²) in [6.07, 6.45) is -19.9. The van der Waals surface area contributed by atoms with Crippen molar-refractivity contribution in [2.45, 2.75) is 224 Å². The molecule has 3 heterocycles. The molecule has 3 saturated heterocycles. The molecule has 0 aromatic heterocycles. The summed E-state index contributed by atoms with van der Waals surface area (Å²) in [5.74, 6) is -3.50. The Morgan fingerprint density at radius 1 is 0.653 bits per heavy atom. The third-order valence-electron chi connectivity index (χ3n) is 20.0. The zero-order valence-corrected chi connectivity index (χ0v) is 42.6. The fourth-order valence-electron chi connectivity index (χ4n) is 15.6. The number of carbonyl (C=O) groups is 3. The third-order valence-corrected chi connectivity index (χ3v) is 20.0. The quantitative estimate of drug-likeness (QED) is 0.0555. The van der Waals surface area contributed by atoms with Crippen molar-refractivity contribution in [1.82, 2.24) is 0 Å². The van der Waals surface area contributed by atoms with Gasteiger partial charge in [0.25, 0.3) is 0 Å². The van der Waals surface area contributed by atoms with E-state index in [9.17, 15) is 70.6 Å². The number of ether oxygens (including phenoxy) is 7. The fraction of sp³-hybridized carbons (Fsp3) is 0.902. The van der Waals surface area contributed by atoms with Crippen molar-refractivity contribution in [3.8, 4) is 0 Å². The molecule has 21 heteroatoms. The van der Waals surface area contributed by atoms with E-state index >= 15 is 0 Å². The summed E-state index contributed by atoms with van der Waals surface area (Å²) < 4.78 is 42.3. The lowest BCUT2D eigenvalue weighted by Gasteiger charge is -2.72. The first-order valence-corrected chi connectivity index (χ1v) is 25.8. The third kappa shape index (κ3) is 9.08. The maximum absolute atomic E-state index is 12.9. The van der Waals surface area contributed by atoms with Crippen LogP contribution in [-0.4, -0.2) is 192 Å². The number of hydrogen-bond acceptors (Lipinski definition) is 19. The van der Waals surface area contributed by atoms with Gasteiger partial charge in [-0.2, -0.15) is 0 Å². The molecular weight excluding hydrogens is 949 g/mol. The molecule has 0 aromatic carbocycles. The Bertz CT molecular complexity index is 2050. The highest BCUT2D eigenvalue weighted by Crippen LogP contribution is 2.76. The SMILES string of the molecule is C[C@@H]1O[C@@H](O[C@H]2[C@H](O[C@H]3[C@H](O[C@H]4CC[C@@]5(C)[C@@H](CC[C@]6(C)[C@@H]5CC=C5[C@@H]7CC(C)(C)C[C@@H](OC(=O)CC(=O)O)[C@]7(C)CC[C@]56C)[C@@]4(C)CO)O[C@H](C(=O)O)[C@@H](O)[C@@H]3O)O[C@H](CO)[C@H](O)[C@@H]2O)[C@H](O)[C@H](O)[C@H]1O. The smallest absolute Gasteiger partial charge is 0.335 e. The average Bonchev–Trinajstić information content (AvgIpc) is 3.30. The van der Waals surface area contributed by atoms with Crippen molar-refractivity contribution < 1.29 is 104 Å². The minimum absolute atomic E-state index is 0.0912. The van der Waals surface area contributed by atoms with Crippen LogP contribution in [0.2, 0.25) is 0 Å². The highest BCUT2D eigenvalue weighted by atomic mass is 16.8. The van der Waals surface area contributed by atoms with Crippen LogP contribution in [0.1, 0.15) is 120 Å². The first-order chi connectivity index (χ1) is 33.5. The molecule has 410 valence electrons. The van der Waals surface area contributed by atoms with E-state index in [2.05, 4.69) is 47.6 Å². The highest BCUT2D eigenvalue weighted by Gasteiger charge is 2.70. The van der Waals surface area contributed by atoms with Gasteiger partial charge in [-0.3, -0.25) is 9.59 Å². The molecule has 3 aliphatic heterocycles. The van der Waals surface area contributed by atoms with Crippen molar-refractivity contribution in [3.63, 3.8) is 0 Å². The number of carboxylic acids is 2.